The number of carbonyl (C=O) groups is 3. The average Bonchev–Trinajstić information content (AvgIpc) is 3.84. The number of nitrogens with one attached hydrogen (secondary N) is 4. The summed E-state index contributed by atoms with van der Waals surface area (Å²) < 4.78 is 11.5. The first-order valence-electron chi connectivity index (χ1n) is 21.4. The van der Waals surface area contributed by atoms with E-state index in [9.17, 15) is 29.4 Å². The van der Waals surface area contributed by atoms with E-state index in [-0.39, 0.29) is 47.7 Å². The number of halogens is 1. The molecule has 1 saturated heterocycles. The Morgan fingerprint density at radius 3 is 2.43 bits per heavy atom. The van der Waals surface area contributed by atoms with Crippen LogP contribution in [0.4, 0.5) is 16.2 Å². The van der Waals surface area contributed by atoms with Gasteiger partial charge in [0.2, 0.25) is 17.4 Å². The summed E-state index contributed by atoms with van der Waals surface area (Å²) in [5, 5.41) is 31.0. The van der Waals surface area contributed by atoms with Crippen LogP contribution in [0.5, 0.6) is 11.5 Å². The quantitative estimate of drug-likeness (QED) is 0.0488. The highest BCUT2D eigenvalue weighted by atomic mass is 35.5. The number of pyridine rings is 1. The van der Waals surface area contributed by atoms with Gasteiger partial charge in [0.1, 0.15) is 17.6 Å². The predicted molar refractivity (Wildman–Crippen MR) is 244 cm³/mol. The largest absolute Gasteiger partial charge is 0.506 e. The Morgan fingerprint density at radius 2 is 1.67 bits per heavy atom. The summed E-state index contributed by atoms with van der Waals surface area (Å²) in [6.07, 6.45) is 2.07. The average molecular weight is 879 g/mol. The number of carbonyl (C=O) groups excluding carboxylic acids is 3. The molecular formula is C48H55ClN6O8. The van der Waals surface area contributed by atoms with Gasteiger partial charge in [0.15, 0.2) is 0 Å². The van der Waals surface area contributed by atoms with Gasteiger partial charge in [-0.1, -0.05) is 66.2 Å². The van der Waals surface area contributed by atoms with Gasteiger partial charge in [-0.15, -0.1) is 0 Å². The third kappa shape index (κ3) is 11.6. The molecule has 1 aliphatic heterocycles. The molecule has 4 aromatic carbocycles. The molecule has 1 aliphatic carbocycles. The van der Waals surface area contributed by atoms with Gasteiger partial charge >= 0.3 is 6.09 Å². The van der Waals surface area contributed by atoms with Crippen LogP contribution in [0, 0.1) is 11.8 Å². The number of aromatic amines is 1. The van der Waals surface area contributed by atoms with Crippen molar-refractivity contribution in [1.29, 1.82) is 0 Å². The minimum Gasteiger partial charge on any atom is -0.506 e. The van der Waals surface area contributed by atoms with E-state index in [4.69, 9.17) is 21.1 Å². The van der Waals surface area contributed by atoms with E-state index in [0.29, 0.717) is 78.1 Å². The molecule has 0 spiro atoms. The van der Waals surface area contributed by atoms with E-state index in [1.807, 2.05) is 54.6 Å². The van der Waals surface area contributed by atoms with E-state index >= 15 is 0 Å². The summed E-state index contributed by atoms with van der Waals surface area (Å²) in [6, 6.07) is 27.0. The molecule has 3 unspecified atom stereocenters. The highest BCUT2D eigenvalue weighted by Gasteiger charge is 2.42. The molecule has 3 amide bonds. The van der Waals surface area contributed by atoms with Gasteiger partial charge in [-0.05, 0) is 72.9 Å². The normalized spacial score (nSPS) is 17.6. The minimum absolute atomic E-state index is 0.0690. The molecule has 2 aliphatic rings. The maximum absolute atomic E-state index is 13.0. The van der Waals surface area contributed by atoms with Crippen LogP contribution in [0.3, 0.4) is 0 Å². The first-order chi connectivity index (χ1) is 30.4. The van der Waals surface area contributed by atoms with E-state index in [0.717, 1.165) is 48.3 Å². The number of phenols is 1. The standard InChI is InChI=1S/C48H55ClN6O8/c1-54(46(60)19-21-55-28-32-22-34(23-33(32)29-55)63-48(61)52-39-13-7-6-12-35(39)30-10-4-3-5-11-30)20-9-8-14-44(58)51-40-25-43(62-2)31(24-38(40)49)26-50-27-42(57)36-15-17-41(56)47-37(36)16-18-45(59)53-47/h3-7,10-13,15-18,24-25,32-34,42,50,56-57H,8-9,14,19-23,26-29H2,1-2H3,(H,51,58)(H,52,61)(H,53,59)/t32-,33?,34?,42?/m1/s1. The van der Waals surface area contributed by atoms with Gasteiger partial charge in [-0.2, -0.15) is 0 Å². The van der Waals surface area contributed by atoms with Crippen molar-refractivity contribution in [3.05, 3.63) is 117 Å². The van der Waals surface area contributed by atoms with Gasteiger partial charge in [0.25, 0.3) is 0 Å². The molecule has 2 heterocycles. The number of anilines is 2. The van der Waals surface area contributed by atoms with Crippen molar-refractivity contribution < 1.29 is 34.1 Å². The van der Waals surface area contributed by atoms with Crippen molar-refractivity contribution in [1.82, 2.24) is 20.1 Å². The fourth-order valence-corrected chi connectivity index (χ4v) is 9.04. The molecule has 7 rings (SSSR count). The Morgan fingerprint density at radius 1 is 0.921 bits per heavy atom. The van der Waals surface area contributed by atoms with Crippen molar-refractivity contribution >= 4 is 51.8 Å². The number of aromatic hydroxyl groups is 1. The number of benzene rings is 4. The van der Waals surface area contributed by atoms with Gasteiger partial charge in [0, 0.05) is 87.8 Å². The zero-order valence-electron chi connectivity index (χ0n) is 35.6. The van der Waals surface area contributed by atoms with Crippen LogP contribution in [-0.4, -0.2) is 95.9 Å². The number of H-pyrrole nitrogens is 1. The van der Waals surface area contributed by atoms with Crippen LogP contribution in [0.1, 0.15) is 55.8 Å². The lowest BCUT2D eigenvalue weighted by Gasteiger charge is -2.21. The number of para-hydroxylation sites is 1. The van der Waals surface area contributed by atoms with Gasteiger partial charge in [-0.25, -0.2) is 4.79 Å². The van der Waals surface area contributed by atoms with Gasteiger partial charge in [-0.3, -0.25) is 19.7 Å². The topological polar surface area (TPSA) is 186 Å². The number of fused-ring (bicyclic) bond motifs is 2. The molecular weight excluding hydrogens is 824 g/mol. The molecule has 5 aromatic rings. The Bertz CT molecular complexity index is 2450. The zero-order chi connectivity index (χ0) is 44.5. The number of hydrogen-bond acceptors (Lipinski definition) is 10. The highest BCUT2D eigenvalue weighted by molar-refractivity contribution is 6.33. The monoisotopic (exact) mass is 878 g/mol. The number of aliphatic hydroxyl groups excluding tert-OH is 1. The third-order valence-electron chi connectivity index (χ3n) is 12.1. The second-order valence-electron chi connectivity index (χ2n) is 16.5. The molecule has 63 heavy (non-hydrogen) atoms. The maximum atomic E-state index is 13.0. The summed E-state index contributed by atoms with van der Waals surface area (Å²) >= 11 is 6.58. The number of amides is 3. The van der Waals surface area contributed by atoms with E-state index < -0.39 is 12.2 Å². The number of methoxy groups -OCH3 is 1. The van der Waals surface area contributed by atoms with E-state index in [1.54, 1.807) is 36.2 Å². The smallest absolute Gasteiger partial charge is 0.411 e. The Hall–Kier alpha value is -5.93. The highest BCUT2D eigenvalue weighted by Crippen LogP contribution is 2.40. The number of aliphatic hydroxyl groups is 1. The number of phenolic OH excluding ortho intramolecular Hbond substituents is 1. The molecule has 15 heteroatoms. The number of ether oxygens (including phenoxy) is 2. The van der Waals surface area contributed by atoms with Crippen LogP contribution in [0.15, 0.2) is 95.8 Å². The van der Waals surface area contributed by atoms with Crippen LogP contribution < -0.4 is 26.2 Å². The molecule has 1 saturated carbocycles. The fraction of sp³-hybridized carbons (Fsp3) is 0.375. The number of nitrogens with zero attached hydrogens (tertiary/aromatic N) is 2. The van der Waals surface area contributed by atoms with E-state index in [1.165, 1.54) is 19.2 Å². The van der Waals surface area contributed by atoms with Gasteiger partial charge in [0.05, 0.1) is 35.1 Å². The lowest BCUT2D eigenvalue weighted by atomic mass is 10.0. The second-order valence-corrected chi connectivity index (χ2v) is 16.9. The fourth-order valence-electron chi connectivity index (χ4n) is 8.81. The molecule has 14 nitrogen and oxygen atoms in total. The van der Waals surface area contributed by atoms with Crippen LogP contribution in [0.2, 0.25) is 5.02 Å². The zero-order valence-corrected chi connectivity index (χ0v) is 36.3. The molecule has 1 aromatic heterocycles. The van der Waals surface area contributed by atoms with Crippen molar-refractivity contribution in [2.45, 2.75) is 57.3 Å². The SMILES string of the molecule is COc1cc(NC(=O)CCCCN(C)C(=O)CCN2CC3CC(OC(=O)Nc4ccccc4-c4ccccc4)C[C@@H]3C2)c(Cl)cc1CNCC(O)c1ccc(O)c2[nH]c(=O)ccc12. The first kappa shape index (κ1) is 45.1. The summed E-state index contributed by atoms with van der Waals surface area (Å²) in [6.45, 7) is 3.47. The molecule has 332 valence electrons. The molecule has 6 N–H and O–H groups in total. The summed E-state index contributed by atoms with van der Waals surface area (Å²) in [5.41, 5.74) is 4.26. The Balaban J connectivity index is 0.774. The number of rotatable bonds is 18. The summed E-state index contributed by atoms with van der Waals surface area (Å²) in [5.74, 6) is 1.15. The minimum atomic E-state index is -0.942. The van der Waals surface area contributed by atoms with Crippen LogP contribution in [-0.2, 0) is 20.9 Å². The van der Waals surface area contributed by atoms with E-state index in [2.05, 4.69) is 25.8 Å². The molecule has 0 bridgehead atoms. The Labute approximate surface area is 371 Å². The van der Waals surface area contributed by atoms with Crippen LogP contribution in [0.25, 0.3) is 22.0 Å². The lowest BCUT2D eigenvalue weighted by Crippen LogP contribution is -2.33. The third-order valence-corrected chi connectivity index (χ3v) is 12.4. The van der Waals surface area contributed by atoms with Crippen molar-refractivity contribution in [2.24, 2.45) is 11.8 Å². The number of hydrogen-bond donors (Lipinski definition) is 6. The molecule has 0 radical (unpaired) electrons. The van der Waals surface area contributed by atoms with Crippen molar-refractivity contribution in [3.63, 3.8) is 0 Å². The van der Waals surface area contributed by atoms with Crippen molar-refractivity contribution in [2.75, 3.05) is 57.5 Å². The maximum Gasteiger partial charge on any atom is 0.411 e. The summed E-state index contributed by atoms with van der Waals surface area (Å²) in [7, 11) is 3.32. The Kier molecular flexibility index (Phi) is 15.0. The number of likely N-dealkylation sites (tertiary alicyclic amines) is 1. The second kappa shape index (κ2) is 21.0. The van der Waals surface area contributed by atoms with Gasteiger partial charge < -0.3 is 45.1 Å². The molecule has 4 atom stereocenters. The number of aromatic nitrogens is 1. The molecule has 2 fully saturated rings. The summed E-state index contributed by atoms with van der Waals surface area (Å²) in [4.78, 5) is 57.2. The lowest BCUT2D eigenvalue weighted by molar-refractivity contribution is -0.130. The predicted octanol–water partition coefficient (Wildman–Crippen LogP) is 7.30. The van der Waals surface area contributed by atoms with Crippen molar-refractivity contribution in [3.8, 4) is 22.6 Å². The first-order valence-corrected chi connectivity index (χ1v) is 21.8. The van der Waals surface area contributed by atoms with Crippen LogP contribution >= 0.6 is 11.6 Å². The number of unbranched alkanes of at least 4 members (excludes halogenated alkanes) is 1.